The molecule has 0 unspecified atom stereocenters. The maximum absolute atomic E-state index is 13.7. The van der Waals surface area contributed by atoms with E-state index < -0.39 is 0 Å². The molecule has 0 saturated carbocycles. The van der Waals surface area contributed by atoms with Crippen LogP contribution in [0.1, 0.15) is 12.5 Å². The number of nitrogens with zero attached hydrogens (tertiary/aromatic N) is 2. The van der Waals surface area contributed by atoms with Gasteiger partial charge in [-0.3, -0.25) is 9.80 Å². The third-order valence-electron chi connectivity index (χ3n) is 3.66. The third-order valence-corrected chi connectivity index (χ3v) is 4.02. The summed E-state index contributed by atoms with van der Waals surface area (Å²) in [4.78, 5) is 4.64. The third kappa shape index (κ3) is 4.42. The highest BCUT2D eigenvalue weighted by Gasteiger charge is 2.18. The van der Waals surface area contributed by atoms with Crippen molar-refractivity contribution < 1.29 is 9.13 Å². The van der Waals surface area contributed by atoms with Crippen LogP contribution in [0.3, 0.4) is 0 Å². The molecule has 1 fully saturated rings. The first-order chi connectivity index (χ1) is 9.70. The van der Waals surface area contributed by atoms with Gasteiger partial charge in [0.1, 0.15) is 5.82 Å². The lowest BCUT2D eigenvalue weighted by Crippen LogP contribution is -2.46. The summed E-state index contributed by atoms with van der Waals surface area (Å²) in [5.41, 5.74) is 0.608. The van der Waals surface area contributed by atoms with Gasteiger partial charge < -0.3 is 4.74 Å². The highest BCUT2D eigenvalue weighted by atomic mass is 35.5. The lowest BCUT2D eigenvalue weighted by atomic mass is 10.2. The SMILES string of the molecule is CCOCCN1CCN(Cc2c(F)cccc2Cl)CC1. The average Bonchev–Trinajstić information content (AvgIpc) is 2.45. The number of hydrogen-bond donors (Lipinski definition) is 0. The van der Waals surface area contributed by atoms with Gasteiger partial charge in [-0.05, 0) is 19.1 Å². The molecule has 1 aromatic rings. The molecule has 0 spiro atoms. The summed E-state index contributed by atoms with van der Waals surface area (Å²) in [6.07, 6.45) is 0. The van der Waals surface area contributed by atoms with Crippen molar-refractivity contribution in [3.05, 3.63) is 34.6 Å². The second-order valence-corrected chi connectivity index (χ2v) is 5.42. The smallest absolute Gasteiger partial charge is 0.129 e. The summed E-state index contributed by atoms with van der Waals surface area (Å²) in [5, 5.41) is 0.517. The Labute approximate surface area is 125 Å². The zero-order chi connectivity index (χ0) is 14.4. The maximum atomic E-state index is 13.7. The summed E-state index contributed by atoms with van der Waals surface area (Å²) < 4.78 is 19.1. The van der Waals surface area contributed by atoms with Crippen molar-refractivity contribution >= 4 is 11.6 Å². The van der Waals surface area contributed by atoms with Crippen molar-refractivity contribution in [2.24, 2.45) is 0 Å². The van der Waals surface area contributed by atoms with Gasteiger partial charge in [0.05, 0.1) is 6.61 Å². The van der Waals surface area contributed by atoms with Gasteiger partial charge in [0.15, 0.2) is 0 Å². The van der Waals surface area contributed by atoms with Crippen LogP contribution in [0, 0.1) is 5.82 Å². The molecule has 1 aliphatic rings. The summed E-state index contributed by atoms with van der Waals surface area (Å²) in [5.74, 6) is -0.212. The van der Waals surface area contributed by atoms with E-state index in [-0.39, 0.29) is 5.82 Å². The lowest BCUT2D eigenvalue weighted by molar-refractivity contribution is 0.0783. The molecule has 5 heteroatoms. The monoisotopic (exact) mass is 300 g/mol. The number of piperazine rings is 1. The summed E-state index contributed by atoms with van der Waals surface area (Å²) >= 11 is 6.07. The van der Waals surface area contributed by atoms with E-state index in [9.17, 15) is 4.39 Å². The molecular weight excluding hydrogens is 279 g/mol. The second-order valence-electron chi connectivity index (χ2n) is 5.01. The molecule has 0 radical (unpaired) electrons. The molecule has 1 aliphatic heterocycles. The van der Waals surface area contributed by atoms with Gasteiger partial charge in [0.2, 0.25) is 0 Å². The van der Waals surface area contributed by atoms with E-state index in [1.807, 2.05) is 6.92 Å². The average molecular weight is 301 g/mol. The molecule has 0 amide bonds. The fraction of sp³-hybridized carbons (Fsp3) is 0.600. The van der Waals surface area contributed by atoms with E-state index in [1.54, 1.807) is 12.1 Å². The van der Waals surface area contributed by atoms with Crippen LogP contribution >= 0.6 is 11.6 Å². The van der Waals surface area contributed by atoms with Gasteiger partial charge >= 0.3 is 0 Å². The standard InChI is InChI=1S/C15H22ClFN2O/c1-2-20-11-10-18-6-8-19(9-7-18)12-13-14(16)4-3-5-15(13)17/h3-5H,2,6-12H2,1H3. The van der Waals surface area contributed by atoms with Crippen LogP contribution in [-0.4, -0.2) is 55.7 Å². The fourth-order valence-electron chi connectivity index (χ4n) is 2.42. The van der Waals surface area contributed by atoms with E-state index in [1.165, 1.54) is 6.07 Å². The Bertz CT molecular complexity index is 402. The molecule has 1 heterocycles. The minimum atomic E-state index is -0.212. The van der Waals surface area contributed by atoms with Crippen molar-refractivity contribution in [1.82, 2.24) is 9.80 Å². The molecule has 20 heavy (non-hydrogen) atoms. The van der Waals surface area contributed by atoms with Gasteiger partial charge in [-0.1, -0.05) is 17.7 Å². The Morgan fingerprint density at radius 3 is 2.55 bits per heavy atom. The number of rotatable bonds is 6. The van der Waals surface area contributed by atoms with E-state index in [0.717, 1.165) is 45.9 Å². The Morgan fingerprint density at radius 1 is 1.20 bits per heavy atom. The Morgan fingerprint density at radius 2 is 1.90 bits per heavy atom. The molecule has 0 aromatic heterocycles. The van der Waals surface area contributed by atoms with Crippen molar-refractivity contribution in [2.45, 2.75) is 13.5 Å². The largest absolute Gasteiger partial charge is 0.380 e. The van der Waals surface area contributed by atoms with E-state index in [4.69, 9.17) is 16.3 Å². The maximum Gasteiger partial charge on any atom is 0.129 e. The van der Waals surface area contributed by atoms with Gasteiger partial charge in [0, 0.05) is 56.5 Å². The second kappa shape index (κ2) is 7.93. The van der Waals surface area contributed by atoms with Gasteiger partial charge in [-0.15, -0.1) is 0 Å². The molecule has 0 bridgehead atoms. The number of benzene rings is 1. The quantitative estimate of drug-likeness (QED) is 0.751. The predicted molar refractivity (Wildman–Crippen MR) is 79.6 cm³/mol. The number of ether oxygens (including phenoxy) is 1. The predicted octanol–water partition coefficient (Wildman–Crippen LogP) is 2.63. The van der Waals surface area contributed by atoms with Crippen molar-refractivity contribution in [3.63, 3.8) is 0 Å². The molecule has 0 aliphatic carbocycles. The van der Waals surface area contributed by atoms with Gasteiger partial charge in [0.25, 0.3) is 0 Å². The van der Waals surface area contributed by atoms with Crippen LogP contribution in [0.25, 0.3) is 0 Å². The van der Waals surface area contributed by atoms with Crippen molar-refractivity contribution in [3.8, 4) is 0 Å². The molecule has 0 N–H and O–H groups in total. The van der Waals surface area contributed by atoms with Crippen molar-refractivity contribution in [2.75, 3.05) is 45.9 Å². The van der Waals surface area contributed by atoms with Gasteiger partial charge in [-0.25, -0.2) is 4.39 Å². The van der Waals surface area contributed by atoms with E-state index in [0.29, 0.717) is 17.1 Å². The summed E-state index contributed by atoms with van der Waals surface area (Å²) in [7, 11) is 0. The molecule has 1 saturated heterocycles. The first-order valence-corrected chi connectivity index (χ1v) is 7.54. The zero-order valence-electron chi connectivity index (χ0n) is 11.9. The Hall–Kier alpha value is -0.680. The van der Waals surface area contributed by atoms with E-state index in [2.05, 4.69) is 9.80 Å². The molecule has 1 aromatic carbocycles. The van der Waals surface area contributed by atoms with Crippen molar-refractivity contribution in [1.29, 1.82) is 0 Å². The topological polar surface area (TPSA) is 15.7 Å². The fourth-order valence-corrected chi connectivity index (χ4v) is 2.64. The Kier molecular flexibility index (Phi) is 6.23. The first-order valence-electron chi connectivity index (χ1n) is 7.16. The van der Waals surface area contributed by atoms with Crippen LogP contribution in [-0.2, 0) is 11.3 Å². The molecule has 112 valence electrons. The van der Waals surface area contributed by atoms with Crippen LogP contribution in [0.2, 0.25) is 5.02 Å². The van der Waals surface area contributed by atoms with Crippen LogP contribution in [0.4, 0.5) is 4.39 Å². The normalized spacial score (nSPS) is 17.6. The molecule has 2 rings (SSSR count). The van der Waals surface area contributed by atoms with E-state index >= 15 is 0 Å². The van der Waals surface area contributed by atoms with Gasteiger partial charge in [-0.2, -0.15) is 0 Å². The van der Waals surface area contributed by atoms with Crippen LogP contribution < -0.4 is 0 Å². The lowest BCUT2D eigenvalue weighted by Gasteiger charge is -2.34. The number of hydrogen-bond acceptors (Lipinski definition) is 3. The molecule has 0 atom stereocenters. The zero-order valence-corrected chi connectivity index (χ0v) is 12.7. The molecule has 3 nitrogen and oxygen atoms in total. The summed E-state index contributed by atoms with van der Waals surface area (Å²) in [6, 6.07) is 4.87. The van der Waals surface area contributed by atoms with Crippen LogP contribution in [0.5, 0.6) is 0 Å². The Balaban J connectivity index is 1.80. The minimum absolute atomic E-state index is 0.212. The first kappa shape index (κ1) is 15.7. The highest BCUT2D eigenvalue weighted by Crippen LogP contribution is 2.21. The highest BCUT2D eigenvalue weighted by molar-refractivity contribution is 6.31. The molecular formula is C15H22ClFN2O. The minimum Gasteiger partial charge on any atom is -0.380 e. The number of halogens is 2. The summed E-state index contributed by atoms with van der Waals surface area (Å²) in [6.45, 7) is 9.01. The van der Waals surface area contributed by atoms with Crippen LogP contribution in [0.15, 0.2) is 18.2 Å².